The van der Waals surface area contributed by atoms with Crippen molar-refractivity contribution in [3.8, 4) is 0 Å². The summed E-state index contributed by atoms with van der Waals surface area (Å²) in [6.45, 7) is 2.22. The van der Waals surface area contributed by atoms with Gasteiger partial charge in [0.15, 0.2) is 0 Å². The van der Waals surface area contributed by atoms with Gasteiger partial charge in [0.05, 0.1) is 0 Å². The molecule has 1 fully saturated rings. The first-order chi connectivity index (χ1) is 7.35. The van der Waals surface area contributed by atoms with Crippen molar-refractivity contribution in [3.63, 3.8) is 0 Å². The van der Waals surface area contributed by atoms with Gasteiger partial charge < -0.3 is 0 Å². The zero-order chi connectivity index (χ0) is 10.7. The van der Waals surface area contributed by atoms with Crippen LogP contribution in [-0.4, -0.2) is 5.33 Å². The highest BCUT2D eigenvalue weighted by Crippen LogP contribution is 2.42. The van der Waals surface area contributed by atoms with Gasteiger partial charge in [-0.3, -0.25) is 0 Å². The SMILES string of the molecule is CCC(=Cc1ccccc1C1CC1)CBr. The molecule has 80 valence electrons. The van der Waals surface area contributed by atoms with E-state index in [-0.39, 0.29) is 0 Å². The van der Waals surface area contributed by atoms with E-state index in [1.165, 1.54) is 24.0 Å². The van der Waals surface area contributed by atoms with Crippen molar-refractivity contribution in [3.05, 3.63) is 41.0 Å². The number of rotatable bonds is 4. The summed E-state index contributed by atoms with van der Waals surface area (Å²) in [5.41, 5.74) is 4.45. The molecule has 1 saturated carbocycles. The average Bonchev–Trinajstić information content (AvgIpc) is 3.10. The van der Waals surface area contributed by atoms with Crippen LogP contribution in [0, 0.1) is 0 Å². The van der Waals surface area contributed by atoms with E-state index in [4.69, 9.17) is 0 Å². The van der Waals surface area contributed by atoms with Gasteiger partial charge in [-0.2, -0.15) is 0 Å². The Kier molecular flexibility index (Phi) is 3.63. The maximum Gasteiger partial charge on any atom is 0.0245 e. The normalized spacial score (nSPS) is 16.8. The van der Waals surface area contributed by atoms with E-state index in [1.54, 1.807) is 5.56 Å². The molecule has 15 heavy (non-hydrogen) atoms. The topological polar surface area (TPSA) is 0 Å². The van der Waals surface area contributed by atoms with Crippen molar-refractivity contribution in [1.82, 2.24) is 0 Å². The second-order valence-electron chi connectivity index (χ2n) is 4.19. The van der Waals surface area contributed by atoms with Crippen LogP contribution in [-0.2, 0) is 0 Å². The largest absolute Gasteiger partial charge is 0.0880 e. The van der Waals surface area contributed by atoms with Crippen molar-refractivity contribution in [1.29, 1.82) is 0 Å². The third-order valence-corrected chi connectivity index (χ3v) is 3.72. The summed E-state index contributed by atoms with van der Waals surface area (Å²) in [4.78, 5) is 0. The van der Waals surface area contributed by atoms with Gasteiger partial charge in [0.1, 0.15) is 0 Å². The summed E-state index contributed by atoms with van der Waals surface area (Å²) in [5, 5.41) is 0.989. The molecule has 1 aliphatic rings. The Labute approximate surface area is 101 Å². The predicted molar refractivity (Wildman–Crippen MR) is 70.5 cm³/mol. The van der Waals surface area contributed by atoms with Gasteiger partial charge in [-0.1, -0.05) is 58.8 Å². The highest BCUT2D eigenvalue weighted by Gasteiger charge is 2.24. The van der Waals surface area contributed by atoms with Crippen LogP contribution in [0.3, 0.4) is 0 Å². The molecule has 1 aromatic carbocycles. The fraction of sp³-hybridized carbons (Fsp3) is 0.429. The minimum Gasteiger partial charge on any atom is -0.0880 e. The van der Waals surface area contributed by atoms with Crippen molar-refractivity contribution in [2.45, 2.75) is 32.1 Å². The van der Waals surface area contributed by atoms with Gasteiger partial charge in [-0.25, -0.2) is 0 Å². The van der Waals surface area contributed by atoms with Crippen LogP contribution in [0.1, 0.15) is 43.2 Å². The van der Waals surface area contributed by atoms with Crippen molar-refractivity contribution in [2.75, 3.05) is 5.33 Å². The molecule has 0 nitrogen and oxygen atoms in total. The van der Waals surface area contributed by atoms with Gasteiger partial charge in [-0.15, -0.1) is 0 Å². The van der Waals surface area contributed by atoms with Gasteiger partial charge in [-0.05, 0) is 36.3 Å². The Bertz CT molecular complexity index is 355. The van der Waals surface area contributed by atoms with E-state index >= 15 is 0 Å². The second kappa shape index (κ2) is 4.98. The fourth-order valence-corrected chi connectivity index (χ4v) is 2.42. The third-order valence-electron chi connectivity index (χ3n) is 3.00. The molecule has 0 bridgehead atoms. The summed E-state index contributed by atoms with van der Waals surface area (Å²) in [7, 11) is 0. The molecular formula is C14H17Br. The molecule has 1 heteroatoms. The number of alkyl halides is 1. The smallest absolute Gasteiger partial charge is 0.0245 e. The Morgan fingerprint density at radius 3 is 2.73 bits per heavy atom. The van der Waals surface area contributed by atoms with Crippen LogP contribution in [0.2, 0.25) is 0 Å². The molecule has 1 aromatic rings. The lowest BCUT2D eigenvalue weighted by Gasteiger charge is -2.06. The van der Waals surface area contributed by atoms with Gasteiger partial charge in [0.25, 0.3) is 0 Å². The quantitative estimate of drug-likeness (QED) is 0.689. The van der Waals surface area contributed by atoms with Crippen LogP contribution in [0.15, 0.2) is 29.8 Å². The molecule has 1 aliphatic carbocycles. The van der Waals surface area contributed by atoms with Crippen LogP contribution < -0.4 is 0 Å². The summed E-state index contributed by atoms with van der Waals surface area (Å²) in [6.07, 6.45) is 6.23. The second-order valence-corrected chi connectivity index (χ2v) is 4.75. The summed E-state index contributed by atoms with van der Waals surface area (Å²) >= 11 is 3.54. The molecule has 0 aliphatic heterocycles. The molecule has 0 heterocycles. The van der Waals surface area contributed by atoms with E-state index in [2.05, 4.69) is 53.2 Å². The Morgan fingerprint density at radius 1 is 1.40 bits per heavy atom. The molecule has 0 N–H and O–H groups in total. The Hall–Kier alpha value is -0.560. The number of allylic oxidation sites excluding steroid dienone is 1. The van der Waals surface area contributed by atoms with Crippen molar-refractivity contribution < 1.29 is 0 Å². The zero-order valence-corrected chi connectivity index (χ0v) is 10.8. The van der Waals surface area contributed by atoms with Crippen molar-refractivity contribution in [2.24, 2.45) is 0 Å². The molecule has 0 unspecified atom stereocenters. The number of hydrogen-bond donors (Lipinski definition) is 0. The Balaban J connectivity index is 2.30. The van der Waals surface area contributed by atoms with Crippen LogP contribution in [0.25, 0.3) is 6.08 Å². The average molecular weight is 265 g/mol. The van der Waals surface area contributed by atoms with Crippen molar-refractivity contribution >= 4 is 22.0 Å². The van der Waals surface area contributed by atoms with E-state index in [1.807, 2.05) is 0 Å². The number of benzene rings is 1. The molecule has 0 spiro atoms. The molecule has 0 aromatic heterocycles. The molecule has 0 atom stereocenters. The minimum absolute atomic E-state index is 0.839. The molecule has 2 rings (SSSR count). The molecule has 0 saturated heterocycles. The van der Waals surface area contributed by atoms with Crippen LogP contribution in [0.4, 0.5) is 0 Å². The predicted octanol–water partition coefficient (Wildman–Crippen LogP) is 4.75. The molecule has 0 amide bonds. The molecule has 0 radical (unpaired) electrons. The van der Waals surface area contributed by atoms with E-state index in [0.717, 1.165) is 17.7 Å². The highest BCUT2D eigenvalue weighted by molar-refractivity contribution is 9.09. The zero-order valence-electron chi connectivity index (χ0n) is 9.17. The number of hydrogen-bond acceptors (Lipinski definition) is 0. The number of halogens is 1. The summed E-state index contributed by atoms with van der Waals surface area (Å²) < 4.78 is 0. The lowest BCUT2D eigenvalue weighted by molar-refractivity contribution is 1.10. The lowest BCUT2D eigenvalue weighted by Crippen LogP contribution is -1.88. The van der Waals surface area contributed by atoms with Crippen LogP contribution >= 0.6 is 15.9 Å². The molecular weight excluding hydrogens is 248 g/mol. The van der Waals surface area contributed by atoms with E-state index in [9.17, 15) is 0 Å². The first kappa shape index (κ1) is 10.9. The fourth-order valence-electron chi connectivity index (χ4n) is 1.86. The monoisotopic (exact) mass is 264 g/mol. The first-order valence-corrected chi connectivity index (χ1v) is 6.81. The standard InChI is InChI=1S/C14H17Br/c1-2-11(10-15)9-13-5-3-4-6-14(13)12-7-8-12/h3-6,9,12H,2,7-8,10H2,1H3. The Morgan fingerprint density at radius 2 is 2.13 bits per heavy atom. The minimum atomic E-state index is 0.839. The maximum atomic E-state index is 3.54. The summed E-state index contributed by atoms with van der Waals surface area (Å²) in [6, 6.07) is 8.82. The maximum absolute atomic E-state index is 3.54. The third kappa shape index (κ3) is 2.72. The lowest BCUT2D eigenvalue weighted by atomic mass is 10.0. The first-order valence-electron chi connectivity index (χ1n) is 5.69. The highest BCUT2D eigenvalue weighted by atomic mass is 79.9. The van der Waals surface area contributed by atoms with Gasteiger partial charge >= 0.3 is 0 Å². The van der Waals surface area contributed by atoms with Crippen LogP contribution in [0.5, 0.6) is 0 Å². The van der Waals surface area contributed by atoms with E-state index in [0.29, 0.717) is 0 Å². The van der Waals surface area contributed by atoms with Gasteiger partial charge in [0.2, 0.25) is 0 Å². The summed E-state index contributed by atoms with van der Waals surface area (Å²) in [5.74, 6) is 0.839. The van der Waals surface area contributed by atoms with E-state index < -0.39 is 0 Å². The van der Waals surface area contributed by atoms with Gasteiger partial charge in [0, 0.05) is 5.33 Å².